The largest absolute Gasteiger partial charge is 0.478 e. The van der Waals surface area contributed by atoms with Crippen LogP contribution in [0.15, 0.2) is 4.21 Å². The van der Waals surface area contributed by atoms with Crippen molar-refractivity contribution in [3.8, 4) is 0 Å². The topological polar surface area (TPSA) is 107 Å². The van der Waals surface area contributed by atoms with Crippen molar-refractivity contribution < 1.29 is 23.4 Å². The van der Waals surface area contributed by atoms with Crippen molar-refractivity contribution >= 4 is 27.3 Å². The summed E-state index contributed by atoms with van der Waals surface area (Å²) in [4.78, 5) is 12.5. The number of piperidine rings is 1. The Bertz CT molecular complexity index is 758. The molecule has 7 nitrogen and oxygen atoms in total. The zero-order chi connectivity index (χ0) is 17.5. The van der Waals surface area contributed by atoms with Crippen LogP contribution < -0.4 is 5.32 Å². The number of sulfonamides is 1. The molecule has 2 aliphatic heterocycles. The summed E-state index contributed by atoms with van der Waals surface area (Å²) in [5.41, 5.74) is 0.104. The van der Waals surface area contributed by atoms with Crippen molar-refractivity contribution in [2.24, 2.45) is 5.41 Å². The number of aliphatic hydroxyl groups excluding tert-OH is 1. The lowest BCUT2D eigenvalue weighted by atomic mass is 9.84. The van der Waals surface area contributed by atoms with Crippen LogP contribution in [0.4, 0.5) is 0 Å². The standard InChI is InChI=1S/C15H22N2O5S2/c1-15(9-18)4-2-6-17(8-15)24(21,22)14-12(13(19)20)10-3-5-16-7-11(10)23-14/h16,18H,2-9H2,1H3,(H,19,20)/t15-/m0/s1. The maximum atomic E-state index is 13.1. The molecule has 0 radical (unpaired) electrons. The first-order valence-corrected chi connectivity index (χ1v) is 10.2. The SMILES string of the molecule is C[C@]1(CO)CCCN(S(=O)(=O)c2sc3c(c2C(=O)O)CCNC3)C1. The molecule has 3 N–H and O–H groups in total. The van der Waals surface area contributed by atoms with Crippen molar-refractivity contribution in [2.45, 2.75) is 36.9 Å². The van der Waals surface area contributed by atoms with Gasteiger partial charge in [0.2, 0.25) is 0 Å². The van der Waals surface area contributed by atoms with E-state index in [-0.39, 0.29) is 22.9 Å². The van der Waals surface area contributed by atoms with Gasteiger partial charge in [-0.2, -0.15) is 4.31 Å². The molecule has 1 fully saturated rings. The fourth-order valence-electron chi connectivity index (χ4n) is 3.43. The highest BCUT2D eigenvalue weighted by Crippen LogP contribution is 2.38. The second-order valence-electron chi connectivity index (χ2n) is 6.81. The minimum atomic E-state index is -3.88. The number of aliphatic hydroxyl groups is 1. The van der Waals surface area contributed by atoms with Gasteiger partial charge in [-0.25, -0.2) is 13.2 Å². The van der Waals surface area contributed by atoms with Crippen molar-refractivity contribution in [1.29, 1.82) is 0 Å². The molecule has 1 atom stereocenters. The zero-order valence-corrected chi connectivity index (χ0v) is 15.2. The fraction of sp³-hybridized carbons (Fsp3) is 0.667. The van der Waals surface area contributed by atoms with Gasteiger partial charge in [-0.1, -0.05) is 6.92 Å². The molecule has 0 amide bonds. The predicted octanol–water partition coefficient (Wildman–Crippen LogP) is 0.875. The van der Waals surface area contributed by atoms with E-state index < -0.39 is 21.4 Å². The van der Waals surface area contributed by atoms with Crippen LogP contribution in [0.5, 0.6) is 0 Å². The number of carboxylic acid groups (broad SMARTS) is 1. The summed E-state index contributed by atoms with van der Waals surface area (Å²) in [6.45, 7) is 3.50. The third-order valence-electron chi connectivity index (χ3n) is 4.81. The predicted molar refractivity (Wildman–Crippen MR) is 89.9 cm³/mol. The number of hydrogen-bond donors (Lipinski definition) is 3. The van der Waals surface area contributed by atoms with Crippen LogP contribution >= 0.6 is 11.3 Å². The quantitative estimate of drug-likeness (QED) is 0.722. The maximum absolute atomic E-state index is 13.1. The molecule has 0 aromatic carbocycles. The number of carbonyl (C=O) groups is 1. The van der Waals surface area contributed by atoms with Gasteiger partial charge in [0.1, 0.15) is 4.21 Å². The van der Waals surface area contributed by atoms with Gasteiger partial charge in [-0.15, -0.1) is 11.3 Å². The average Bonchev–Trinajstić information content (AvgIpc) is 2.95. The van der Waals surface area contributed by atoms with Crippen LogP contribution in [-0.4, -0.2) is 55.1 Å². The van der Waals surface area contributed by atoms with Gasteiger partial charge in [-0.3, -0.25) is 0 Å². The molecule has 134 valence electrons. The summed E-state index contributed by atoms with van der Waals surface area (Å²) in [6.07, 6.45) is 1.94. The minimum Gasteiger partial charge on any atom is -0.478 e. The molecule has 3 rings (SSSR count). The van der Waals surface area contributed by atoms with Crippen LogP contribution in [0.25, 0.3) is 0 Å². The molecule has 9 heteroatoms. The van der Waals surface area contributed by atoms with Crippen molar-refractivity contribution in [3.63, 3.8) is 0 Å². The minimum absolute atomic E-state index is 0.0622. The molecule has 0 spiro atoms. The molecule has 24 heavy (non-hydrogen) atoms. The zero-order valence-electron chi connectivity index (χ0n) is 13.5. The number of thiophene rings is 1. The Kier molecular flexibility index (Phi) is 4.73. The van der Waals surface area contributed by atoms with Gasteiger partial charge in [0.15, 0.2) is 0 Å². The molecule has 0 aliphatic carbocycles. The number of hydrogen-bond acceptors (Lipinski definition) is 6. The number of rotatable bonds is 4. The number of aromatic carboxylic acids is 1. The molecule has 3 heterocycles. The Morgan fingerprint density at radius 1 is 1.46 bits per heavy atom. The lowest BCUT2D eigenvalue weighted by molar-refractivity contribution is 0.0690. The summed E-state index contributed by atoms with van der Waals surface area (Å²) in [5, 5.41) is 22.3. The highest BCUT2D eigenvalue weighted by molar-refractivity contribution is 7.91. The number of carboxylic acids is 1. The molecule has 0 saturated carbocycles. The van der Waals surface area contributed by atoms with E-state index in [1.54, 1.807) is 0 Å². The van der Waals surface area contributed by atoms with Gasteiger partial charge in [0.25, 0.3) is 10.0 Å². The van der Waals surface area contributed by atoms with Gasteiger partial charge in [0, 0.05) is 36.5 Å². The van der Waals surface area contributed by atoms with E-state index in [0.717, 1.165) is 22.6 Å². The van der Waals surface area contributed by atoms with Crippen LogP contribution in [-0.2, 0) is 23.0 Å². The Balaban J connectivity index is 2.04. The summed E-state index contributed by atoms with van der Waals surface area (Å²) < 4.78 is 27.5. The highest BCUT2D eigenvalue weighted by Gasteiger charge is 2.40. The third kappa shape index (κ3) is 2.99. The van der Waals surface area contributed by atoms with Crippen LogP contribution in [0.2, 0.25) is 0 Å². The molecule has 1 aromatic rings. The van der Waals surface area contributed by atoms with E-state index in [9.17, 15) is 23.4 Å². The second-order valence-corrected chi connectivity index (χ2v) is 10.0. The second kappa shape index (κ2) is 6.38. The van der Waals surface area contributed by atoms with E-state index in [2.05, 4.69) is 5.32 Å². The van der Waals surface area contributed by atoms with Gasteiger partial charge in [0.05, 0.1) is 5.56 Å². The van der Waals surface area contributed by atoms with Crippen molar-refractivity contribution in [3.05, 3.63) is 16.0 Å². The van der Waals surface area contributed by atoms with E-state index in [4.69, 9.17) is 0 Å². The molecule has 0 unspecified atom stereocenters. The number of nitrogens with one attached hydrogen (secondary N) is 1. The molecule has 0 bridgehead atoms. The first kappa shape index (κ1) is 17.8. The number of nitrogens with zero attached hydrogens (tertiary/aromatic N) is 1. The Hall–Kier alpha value is -1.00. The summed E-state index contributed by atoms with van der Waals surface area (Å²) >= 11 is 1.06. The van der Waals surface area contributed by atoms with Crippen molar-refractivity contribution in [2.75, 3.05) is 26.2 Å². The van der Waals surface area contributed by atoms with E-state index in [1.165, 1.54) is 4.31 Å². The maximum Gasteiger partial charge on any atom is 0.338 e. The lowest BCUT2D eigenvalue weighted by Crippen LogP contribution is -2.46. The average molecular weight is 374 g/mol. The molecular weight excluding hydrogens is 352 g/mol. The molecular formula is C15H22N2O5S2. The monoisotopic (exact) mass is 374 g/mol. The summed E-state index contributed by atoms with van der Waals surface area (Å²) in [7, 11) is -3.88. The van der Waals surface area contributed by atoms with E-state index in [1.807, 2.05) is 6.92 Å². The van der Waals surface area contributed by atoms with E-state index in [0.29, 0.717) is 38.0 Å². The van der Waals surface area contributed by atoms with Gasteiger partial charge < -0.3 is 15.5 Å². The Morgan fingerprint density at radius 3 is 2.88 bits per heavy atom. The van der Waals surface area contributed by atoms with Gasteiger partial charge in [-0.05, 0) is 31.4 Å². The normalized spacial score (nSPS) is 25.4. The van der Waals surface area contributed by atoms with Crippen LogP contribution in [0.3, 0.4) is 0 Å². The summed E-state index contributed by atoms with van der Waals surface area (Å²) in [5.74, 6) is -1.19. The molecule has 1 aromatic heterocycles. The number of fused-ring (bicyclic) bond motifs is 1. The van der Waals surface area contributed by atoms with Crippen LogP contribution in [0, 0.1) is 5.41 Å². The lowest BCUT2D eigenvalue weighted by Gasteiger charge is -2.38. The van der Waals surface area contributed by atoms with Gasteiger partial charge >= 0.3 is 5.97 Å². The highest BCUT2D eigenvalue weighted by atomic mass is 32.2. The Labute approximate surface area is 145 Å². The van der Waals surface area contributed by atoms with Crippen LogP contribution in [0.1, 0.15) is 40.6 Å². The summed E-state index contributed by atoms with van der Waals surface area (Å²) in [6, 6.07) is 0. The molecule has 2 aliphatic rings. The Morgan fingerprint density at radius 2 is 2.21 bits per heavy atom. The van der Waals surface area contributed by atoms with E-state index >= 15 is 0 Å². The van der Waals surface area contributed by atoms with Crippen molar-refractivity contribution in [1.82, 2.24) is 9.62 Å². The third-order valence-corrected chi connectivity index (χ3v) is 8.38. The fourth-order valence-corrected chi connectivity index (χ4v) is 7.06. The first-order chi connectivity index (χ1) is 11.3. The first-order valence-electron chi connectivity index (χ1n) is 7.98. The molecule has 1 saturated heterocycles. The smallest absolute Gasteiger partial charge is 0.338 e.